The summed E-state index contributed by atoms with van der Waals surface area (Å²) in [6, 6.07) is 3.25. The summed E-state index contributed by atoms with van der Waals surface area (Å²) in [5.74, 6) is 2.86. The lowest BCUT2D eigenvalue weighted by Crippen LogP contribution is -2.50. The molecular weight excluding hydrogens is 364 g/mol. The first kappa shape index (κ1) is 20.4. The Hall–Kier alpha value is -1.89. The van der Waals surface area contributed by atoms with Gasteiger partial charge in [-0.15, -0.1) is 0 Å². The van der Waals surface area contributed by atoms with Crippen LogP contribution < -0.4 is 10.2 Å². The Morgan fingerprint density at radius 3 is 2.66 bits per heavy atom. The third-order valence-electron chi connectivity index (χ3n) is 6.59. The highest BCUT2D eigenvalue weighted by Gasteiger charge is 2.26. The minimum Gasteiger partial charge on any atom is -0.367 e. The van der Waals surface area contributed by atoms with Crippen molar-refractivity contribution in [3.63, 3.8) is 0 Å². The Balaban J connectivity index is 1.24. The first-order chi connectivity index (χ1) is 14.1. The van der Waals surface area contributed by atoms with E-state index in [1.165, 1.54) is 25.7 Å². The van der Waals surface area contributed by atoms with Gasteiger partial charge in [-0.25, -0.2) is 9.97 Å². The second kappa shape index (κ2) is 9.28. The molecule has 2 saturated heterocycles. The number of piperazine rings is 1. The van der Waals surface area contributed by atoms with Crippen molar-refractivity contribution in [2.24, 2.45) is 5.92 Å². The monoisotopic (exact) mass is 400 g/mol. The van der Waals surface area contributed by atoms with E-state index in [4.69, 9.17) is 0 Å². The molecule has 7 heteroatoms. The van der Waals surface area contributed by atoms with E-state index >= 15 is 0 Å². The number of hydrogen-bond acceptors (Lipinski definition) is 6. The number of hydrogen-bond donors (Lipinski definition) is 1. The number of aromatic nitrogens is 2. The summed E-state index contributed by atoms with van der Waals surface area (Å²) in [5, 5.41) is 3.46. The highest BCUT2D eigenvalue weighted by atomic mass is 16.2. The van der Waals surface area contributed by atoms with Crippen molar-refractivity contribution in [2.75, 3.05) is 49.5 Å². The van der Waals surface area contributed by atoms with Crippen molar-refractivity contribution in [1.29, 1.82) is 0 Å². The van der Waals surface area contributed by atoms with Gasteiger partial charge in [-0.2, -0.15) is 0 Å². The second-order valence-electron chi connectivity index (χ2n) is 9.18. The molecule has 1 amide bonds. The van der Waals surface area contributed by atoms with Crippen molar-refractivity contribution >= 4 is 17.5 Å². The Labute approximate surface area is 174 Å². The van der Waals surface area contributed by atoms with Crippen molar-refractivity contribution in [3.05, 3.63) is 12.4 Å². The van der Waals surface area contributed by atoms with Crippen LogP contribution >= 0.6 is 0 Å². The molecule has 1 aliphatic carbocycles. The van der Waals surface area contributed by atoms with Gasteiger partial charge in [0.15, 0.2) is 0 Å². The molecule has 1 aromatic rings. The number of piperidine rings is 1. The minimum atomic E-state index is 0.337. The molecule has 1 N–H and O–H groups in total. The van der Waals surface area contributed by atoms with E-state index in [-0.39, 0.29) is 0 Å². The second-order valence-corrected chi connectivity index (χ2v) is 9.18. The topological polar surface area (TPSA) is 64.6 Å². The van der Waals surface area contributed by atoms with E-state index in [9.17, 15) is 4.79 Å². The Kier molecular flexibility index (Phi) is 6.53. The van der Waals surface area contributed by atoms with E-state index < -0.39 is 0 Å². The molecule has 29 heavy (non-hydrogen) atoms. The summed E-state index contributed by atoms with van der Waals surface area (Å²) in [5.41, 5.74) is 0. The molecule has 1 saturated carbocycles. The Morgan fingerprint density at radius 1 is 1.14 bits per heavy atom. The van der Waals surface area contributed by atoms with Gasteiger partial charge in [-0.1, -0.05) is 0 Å². The van der Waals surface area contributed by atoms with Crippen LogP contribution in [0.3, 0.4) is 0 Å². The summed E-state index contributed by atoms with van der Waals surface area (Å²) >= 11 is 0. The highest BCUT2D eigenvalue weighted by molar-refractivity contribution is 5.76. The molecule has 160 valence electrons. The van der Waals surface area contributed by atoms with Gasteiger partial charge in [0.2, 0.25) is 5.91 Å². The van der Waals surface area contributed by atoms with Gasteiger partial charge < -0.3 is 15.1 Å². The van der Waals surface area contributed by atoms with Crippen LogP contribution in [0.1, 0.15) is 52.4 Å². The van der Waals surface area contributed by atoms with Gasteiger partial charge in [-0.3, -0.25) is 9.69 Å². The van der Waals surface area contributed by atoms with Crippen LogP contribution in [-0.2, 0) is 4.79 Å². The first-order valence-electron chi connectivity index (χ1n) is 11.4. The lowest BCUT2D eigenvalue weighted by Gasteiger charge is -2.37. The zero-order chi connectivity index (χ0) is 20.2. The molecule has 0 aromatic carbocycles. The molecule has 1 unspecified atom stereocenters. The summed E-state index contributed by atoms with van der Waals surface area (Å²) in [7, 11) is 0. The van der Waals surface area contributed by atoms with E-state index in [1.54, 1.807) is 6.33 Å². The zero-order valence-corrected chi connectivity index (χ0v) is 18.0. The lowest BCUT2D eigenvalue weighted by molar-refractivity contribution is -0.133. The molecule has 0 bridgehead atoms. The van der Waals surface area contributed by atoms with E-state index in [0.717, 1.165) is 57.3 Å². The van der Waals surface area contributed by atoms with Gasteiger partial charge >= 0.3 is 0 Å². The van der Waals surface area contributed by atoms with Gasteiger partial charge in [0.25, 0.3) is 0 Å². The molecule has 0 radical (unpaired) electrons. The molecule has 1 aromatic heterocycles. The molecule has 4 rings (SSSR count). The van der Waals surface area contributed by atoms with E-state index in [2.05, 4.69) is 49.9 Å². The molecular formula is C22H36N6O. The number of rotatable bonds is 7. The quantitative estimate of drug-likeness (QED) is 0.759. The largest absolute Gasteiger partial charge is 0.367 e. The average Bonchev–Trinajstić information content (AvgIpc) is 3.56. The smallest absolute Gasteiger partial charge is 0.222 e. The molecule has 3 heterocycles. The summed E-state index contributed by atoms with van der Waals surface area (Å²) in [6.07, 6.45) is 8.20. The predicted octanol–water partition coefficient (Wildman–Crippen LogP) is 2.60. The number of anilines is 2. The Bertz CT molecular complexity index is 684. The maximum Gasteiger partial charge on any atom is 0.222 e. The number of carbonyl (C=O) groups is 1. The van der Waals surface area contributed by atoms with Crippen molar-refractivity contribution < 1.29 is 4.79 Å². The van der Waals surface area contributed by atoms with Crippen LogP contribution in [0.15, 0.2) is 12.4 Å². The minimum absolute atomic E-state index is 0.337. The van der Waals surface area contributed by atoms with Crippen molar-refractivity contribution in [3.8, 4) is 0 Å². The molecule has 7 nitrogen and oxygen atoms in total. The molecule has 3 fully saturated rings. The summed E-state index contributed by atoms with van der Waals surface area (Å²) in [4.78, 5) is 28.5. The van der Waals surface area contributed by atoms with Crippen molar-refractivity contribution in [2.45, 2.75) is 64.5 Å². The van der Waals surface area contributed by atoms with Crippen molar-refractivity contribution in [1.82, 2.24) is 19.8 Å². The van der Waals surface area contributed by atoms with Crippen LogP contribution in [0, 0.1) is 5.92 Å². The molecule has 2 aliphatic heterocycles. The number of nitrogens with zero attached hydrogens (tertiary/aromatic N) is 5. The summed E-state index contributed by atoms with van der Waals surface area (Å²) in [6.45, 7) is 10.3. The van der Waals surface area contributed by atoms with Crippen LogP contribution in [-0.4, -0.2) is 77.0 Å². The van der Waals surface area contributed by atoms with Gasteiger partial charge in [0.05, 0.1) is 0 Å². The van der Waals surface area contributed by atoms with Crippen LogP contribution in [0.5, 0.6) is 0 Å². The van der Waals surface area contributed by atoms with Gasteiger partial charge in [0, 0.05) is 63.8 Å². The number of carbonyl (C=O) groups excluding carboxylic acids is 1. The fourth-order valence-electron chi connectivity index (χ4n) is 4.52. The maximum absolute atomic E-state index is 12.7. The average molecular weight is 401 g/mol. The normalized spacial score (nSPS) is 23.5. The third kappa shape index (κ3) is 5.59. The predicted molar refractivity (Wildman–Crippen MR) is 116 cm³/mol. The van der Waals surface area contributed by atoms with Crippen LogP contribution in [0.4, 0.5) is 11.6 Å². The van der Waals surface area contributed by atoms with Crippen LogP contribution in [0.2, 0.25) is 0 Å². The van der Waals surface area contributed by atoms with Gasteiger partial charge in [0.1, 0.15) is 18.0 Å². The van der Waals surface area contributed by atoms with E-state index in [1.807, 2.05) is 0 Å². The summed E-state index contributed by atoms with van der Waals surface area (Å²) < 4.78 is 0. The third-order valence-corrected chi connectivity index (χ3v) is 6.59. The fraction of sp³-hybridized carbons (Fsp3) is 0.773. The Morgan fingerprint density at radius 2 is 1.93 bits per heavy atom. The lowest BCUT2D eigenvalue weighted by atomic mass is 9.93. The number of nitrogens with one attached hydrogen (secondary N) is 1. The molecule has 3 aliphatic rings. The molecule has 0 spiro atoms. The maximum atomic E-state index is 12.7. The number of amides is 1. The molecule has 1 atom stereocenters. The SMILES string of the molecule is CC(C)N1CCN(C(=O)CCC2CCCN(c3cc(NC4CC4)ncn3)C2)CC1. The standard InChI is InChI=1S/C22H36N6O/c1-17(2)26-10-12-27(13-11-26)22(29)8-5-18-4-3-9-28(15-18)21-14-20(23-16-24-21)25-19-6-7-19/h14,16-19H,3-13,15H2,1-2H3,(H,23,24,25). The first-order valence-corrected chi connectivity index (χ1v) is 11.4. The van der Waals surface area contributed by atoms with Crippen LogP contribution in [0.25, 0.3) is 0 Å². The van der Waals surface area contributed by atoms with E-state index in [0.29, 0.717) is 30.3 Å². The van der Waals surface area contributed by atoms with Gasteiger partial charge in [-0.05, 0) is 51.9 Å². The zero-order valence-electron chi connectivity index (χ0n) is 18.0. The fourth-order valence-corrected chi connectivity index (χ4v) is 4.52. The highest BCUT2D eigenvalue weighted by Crippen LogP contribution is 2.28.